The molecule has 0 aliphatic heterocycles. The van der Waals surface area contributed by atoms with Crippen molar-refractivity contribution in [2.45, 2.75) is 19.5 Å². The first-order chi connectivity index (χ1) is 8.69. The predicted molar refractivity (Wildman–Crippen MR) is 60.6 cm³/mol. The molecule has 2 rings (SSSR count). The normalized spacial score (nSPS) is 10.8. The highest BCUT2D eigenvalue weighted by Gasteiger charge is 2.06. The molecule has 0 spiro atoms. The molecule has 2 aromatic rings. The molecule has 7 heteroatoms. The van der Waals surface area contributed by atoms with Crippen LogP contribution in [0, 0.1) is 11.6 Å². The van der Waals surface area contributed by atoms with Gasteiger partial charge in [-0.25, -0.2) is 13.5 Å². The lowest BCUT2D eigenvalue weighted by atomic mass is 10.1. The Balaban J connectivity index is 2.04. The summed E-state index contributed by atoms with van der Waals surface area (Å²) in [6.45, 7) is 1.03. The topological polar surface area (TPSA) is 55.6 Å². The molecule has 0 aliphatic rings. The first kappa shape index (κ1) is 12.6. The molecule has 1 aromatic heterocycles. The van der Waals surface area contributed by atoms with E-state index in [-0.39, 0.29) is 0 Å². The third kappa shape index (κ3) is 3.07. The van der Waals surface area contributed by atoms with Crippen LogP contribution in [0.15, 0.2) is 18.2 Å². The van der Waals surface area contributed by atoms with Gasteiger partial charge in [-0.2, -0.15) is 0 Å². The Bertz CT molecular complexity index is 506. The van der Waals surface area contributed by atoms with Gasteiger partial charge in [0.05, 0.1) is 6.54 Å². The zero-order chi connectivity index (χ0) is 13.0. The molecule has 1 heterocycles. The van der Waals surface area contributed by atoms with Crippen LogP contribution in [-0.2, 0) is 19.5 Å². The van der Waals surface area contributed by atoms with Crippen molar-refractivity contribution < 1.29 is 8.78 Å². The molecule has 0 bridgehead atoms. The predicted octanol–water partition coefficient (Wildman–Crippen LogP) is 0.913. The van der Waals surface area contributed by atoms with Crippen molar-refractivity contribution in [3.05, 3.63) is 41.2 Å². The third-order valence-electron chi connectivity index (χ3n) is 2.48. The highest BCUT2D eigenvalue weighted by atomic mass is 19.1. The summed E-state index contributed by atoms with van der Waals surface area (Å²) in [5.41, 5.74) is 0.582. The second-order valence-electron chi connectivity index (χ2n) is 3.88. The van der Waals surface area contributed by atoms with Crippen LogP contribution in [0.1, 0.15) is 11.4 Å². The van der Waals surface area contributed by atoms with Gasteiger partial charge in [0.2, 0.25) is 0 Å². The van der Waals surface area contributed by atoms with Crippen LogP contribution in [0.3, 0.4) is 0 Å². The molecule has 0 radical (unpaired) electrons. The minimum atomic E-state index is -0.572. The molecular weight excluding hydrogens is 240 g/mol. The summed E-state index contributed by atoms with van der Waals surface area (Å²) in [5.74, 6) is -0.455. The Kier molecular flexibility index (Phi) is 3.93. The van der Waals surface area contributed by atoms with Gasteiger partial charge in [-0.15, -0.1) is 5.10 Å². The lowest BCUT2D eigenvalue weighted by molar-refractivity contribution is 0.544. The largest absolute Gasteiger partial charge is 0.313 e. The lowest BCUT2D eigenvalue weighted by Crippen LogP contribution is -2.14. The Morgan fingerprint density at radius 3 is 2.61 bits per heavy atom. The molecule has 0 unspecified atom stereocenters. The Morgan fingerprint density at radius 2 is 1.94 bits per heavy atom. The van der Waals surface area contributed by atoms with Crippen molar-refractivity contribution in [1.29, 1.82) is 0 Å². The summed E-state index contributed by atoms with van der Waals surface area (Å²) in [6.07, 6.45) is 0.469. The monoisotopic (exact) mass is 253 g/mol. The van der Waals surface area contributed by atoms with Crippen LogP contribution in [-0.4, -0.2) is 27.3 Å². The van der Waals surface area contributed by atoms with Gasteiger partial charge in [-0.3, -0.25) is 0 Å². The van der Waals surface area contributed by atoms with Gasteiger partial charge in [0.1, 0.15) is 11.6 Å². The van der Waals surface area contributed by atoms with E-state index in [2.05, 4.69) is 20.8 Å². The fourth-order valence-corrected chi connectivity index (χ4v) is 1.67. The minimum absolute atomic E-state index is 0.469. The van der Waals surface area contributed by atoms with E-state index in [9.17, 15) is 8.78 Å². The van der Waals surface area contributed by atoms with E-state index >= 15 is 0 Å². The van der Waals surface area contributed by atoms with Gasteiger partial charge in [0.25, 0.3) is 0 Å². The zero-order valence-corrected chi connectivity index (χ0v) is 9.90. The van der Waals surface area contributed by atoms with Crippen molar-refractivity contribution in [2.24, 2.45) is 0 Å². The summed E-state index contributed by atoms with van der Waals surface area (Å²) >= 11 is 0. The van der Waals surface area contributed by atoms with E-state index < -0.39 is 11.6 Å². The number of benzene rings is 1. The second kappa shape index (κ2) is 5.63. The van der Waals surface area contributed by atoms with Crippen LogP contribution in [0.25, 0.3) is 0 Å². The number of halogens is 2. The standard InChI is InChI=1S/C11H13F2N5/c1-14-7-11-15-16-17-18(11)3-2-8-4-9(12)6-10(13)5-8/h4-6,14H,2-3,7H2,1H3. The summed E-state index contributed by atoms with van der Waals surface area (Å²) in [7, 11) is 1.79. The summed E-state index contributed by atoms with van der Waals surface area (Å²) in [4.78, 5) is 0. The summed E-state index contributed by atoms with van der Waals surface area (Å²) < 4.78 is 27.6. The number of nitrogens with zero attached hydrogens (tertiary/aromatic N) is 4. The smallest absolute Gasteiger partial charge is 0.165 e. The molecule has 0 atom stereocenters. The fourth-order valence-electron chi connectivity index (χ4n) is 1.67. The van der Waals surface area contributed by atoms with Crippen LogP contribution in [0.2, 0.25) is 0 Å². The van der Waals surface area contributed by atoms with Crippen LogP contribution in [0.5, 0.6) is 0 Å². The maximum atomic E-state index is 13.0. The van der Waals surface area contributed by atoms with Gasteiger partial charge < -0.3 is 5.32 Å². The van der Waals surface area contributed by atoms with Gasteiger partial charge in [-0.05, 0) is 41.6 Å². The van der Waals surface area contributed by atoms with Crippen molar-refractivity contribution >= 4 is 0 Å². The number of aromatic nitrogens is 4. The molecule has 5 nitrogen and oxygen atoms in total. The average Bonchev–Trinajstić information content (AvgIpc) is 2.73. The first-order valence-corrected chi connectivity index (χ1v) is 5.53. The summed E-state index contributed by atoms with van der Waals surface area (Å²) in [5, 5.41) is 14.2. The average molecular weight is 253 g/mol. The van der Waals surface area contributed by atoms with E-state index in [1.165, 1.54) is 12.1 Å². The Hall–Kier alpha value is -1.89. The Morgan fingerprint density at radius 1 is 1.22 bits per heavy atom. The van der Waals surface area contributed by atoms with E-state index in [1.54, 1.807) is 11.7 Å². The van der Waals surface area contributed by atoms with Gasteiger partial charge >= 0.3 is 0 Å². The number of rotatable bonds is 5. The quantitative estimate of drug-likeness (QED) is 0.860. The maximum Gasteiger partial charge on any atom is 0.165 e. The maximum absolute atomic E-state index is 13.0. The fraction of sp³-hybridized carbons (Fsp3) is 0.364. The van der Waals surface area contributed by atoms with E-state index in [0.29, 0.717) is 30.9 Å². The van der Waals surface area contributed by atoms with Crippen molar-refractivity contribution in [3.8, 4) is 0 Å². The summed E-state index contributed by atoms with van der Waals surface area (Å²) in [6, 6.07) is 3.48. The SMILES string of the molecule is CNCc1nnnn1CCc1cc(F)cc(F)c1. The van der Waals surface area contributed by atoms with Crippen LogP contribution >= 0.6 is 0 Å². The number of tetrazole rings is 1. The minimum Gasteiger partial charge on any atom is -0.313 e. The molecule has 96 valence electrons. The number of hydrogen-bond acceptors (Lipinski definition) is 4. The third-order valence-corrected chi connectivity index (χ3v) is 2.48. The van der Waals surface area contributed by atoms with Crippen LogP contribution in [0.4, 0.5) is 8.78 Å². The molecule has 0 amide bonds. The zero-order valence-electron chi connectivity index (χ0n) is 9.90. The molecule has 1 N–H and O–H groups in total. The highest BCUT2D eigenvalue weighted by molar-refractivity contribution is 5.17. The second-order valence-corrected chi connectivity index (χ2v) is 3.88. The first-order valence-electron chi connectivity index (χ1n) is 5.53. The number of aryl methyl sites for hydroxylation is 2. The lowest BCUT2D eigenvalue weighted by Gasteiger charge is -2.05. The molecule has 18 heavy (non-hydrogen) atoms. The Labute approximate surface area is 103 Å². The van der Waals surface area contributed by atoms with Gasteiger partial charge in [-0.1, -0.05) is 0 Å². The molecule has 1 aromatic carbocycles. The van der Waals surface area contributed by atoms with E-state index in [0.717, 1.165) is 6.07 Å². The van der Waals surface area contributed by atoms with Crippen molar-refractivity contribution in [2.75, 3.05) is 7.05 Å². The molecule has 0 saturated carbocycles. The molecule has 0 saturated heterocycles. The number of nitrogens with one attached hydrogen (secondary N) is 1. The van der Waals surface area contributed by atoms with Crippen LogP contribution < -0.4 is 5.32 Å². The van der Waals surface area contributed by atoms with E-state index in [1.807, 2.05) is 0 Å². The van der Waals surface area contributed by atoms with Gasteiger partial charge in [0, 0.05) is 12.6 Å². The van der Waals surface area contributed by atoms with Crippen molar-refractivity contribution in [3.63, 3.8) is 0 Å². The van der Waals surface area contributed by atoms with Crippen molar-refractivity contribution in [1.82, 2.24) is 25.5 Å². The van der Waals surface area contributed by atoms with Gasteiger partial charge in [0.15, 0.2) is 5.82 Å². The van der Waals surface area contributed by atoms with E-state index in [4.69, 9.17) is 0 Å². The molecular formula is C11H13F2N5. The highest BCUT2D eigenvalue weighted by Crippen LogP contribution is 2.09. The molecule has 0 fully saturated rings. The molecule has 0 aliphatic carbocycles. The number of hydrogen-bond donors (Lipinski definition) is 1.